The highest BCUT2D eigenvalue weighted by Gasteiger charge is 2.02. The van der Waals surface area contributed by atoms with Crippen LogP contribution in [-0.2, 0) is 0 Å². The highest BCUT2D eigenvalue weighted by atomic mass is 16.3. The summed E-state index contributed by atoms with van der Waals surface area (Å²) in [6.07, 6.45) is 9.23. The van der Waals surface area contributed by atoms with E-state index < -0.39 is 0 Å². The fourth-order valence-corrected chi connectivity index (χ4v) is 2.14. The van der Waals surface area contributed by atoms with Gasteiger partial charge in [0.15, 0.2) is 5.58 Å². The van der Waals surface area contributed by atoms with Gasteiger partial charge in [-0.15, -0.1) is 0 Å². The van der Waals surface area contributed by atoms with Crippen LogP contribution in [0.1, 0.15) is 22.3 Å². The van der Waals surface area contributed by atoms with Gasteiger partial charge in [-0.25, -0.2) is 0 Å². The average Bonchev–Trinajstić information content (AvgIpc) is 2.89. The van der Waals surface area contributed by atoms with Crippen molar-refractivity contribution in [2.45, 2.75) is 6.92 Å². The van der Waals surface area contributed by atoms with Gasteiger partial charge in [0.25, 0.3) is 0 Å². The largest absolute Gasteiger partial charge is 0.462 e. The van der Waals surface area contributed by atoms with Gasteiger partial charge in [0, 0.05) is 17.1 Å². The second-order valence-corrected chi connectivity index (χ2v) is 4.58. The van der Waals surface area contributed by atoms with Crippen molar-refractivity contribution in [1.29, 1.82) is 5.26 Å². The molecule has 96 valence electrons. The molecule has 0 radical (unpaired) electrons. The van der Waals surface area contributed by atoms with E-state index in [9.17, 15) is 0 Å². The van der Waals surface area contributed by atoms with Gasteiger partial charge in [0.2, 0.25) is 0 Å². The molecule has 3 rings (SSSR count). The molecule has 0 amide bonds. The molecule has 0 atom stereocenters. The standard InChI is InChI=1S/C17H12N2O/c1-12-8-13(9-18)2-3-14(12)4-5-15-11-20-17-10-19-7-6-16(15)17/h2-8,10-11H,1H3/b5-4-. The number of rotatable bonds is 2. The molecule has 0 unspecified atom stereocenters. The molecule has 2 heterocycles. The maximum Gasteiger partial charge on any atom is 0.152 e. The first kappa shape index (κ1) is 12.2. The SMILES string of the molecule is Cc1cc(C#N)ccc1/C=C\c1coc2cnccc12. The fourth-order valence-electron chi connectivity index (χ4n) is 2.14. The van der Waals surface area contributed by atoms with E-state index >= 15 is 0 Å². The zero-order valence-corrected chi connectivity index (χ0v) is 11.0. The van der Waals surface area contributed by atoms with Crippen LogP contribution in [0.25, 0.3) is 23.1 Å². The smallest absolute Gasteiger partial charge is 0.152 e. The summed E-state index contributed by atoms with van der Waals surface area (Å²) in [5.41, 5.74) is 4.65. The number of benzene rings is 1. The molecular weight excluding hydrogens is 248 g/mol. The zero-order valence-electron chi connectivity index (χ0n) is 11.0. The lowest BCUT2D eigenvalue weighted by Crippen LogP contribution is -1.82. The molecule has 0 N–H and O–H groups in total. The third kappa shape index (κ3) is 2.19. The first-order valence-corrected chi connectivity index (χ1v) is 6.28. The first-order chi connectivity index (χ1) is 9.78. The number of nitriles is 1. The molecule has 20 heavy (non-hydrogen) atoms. The van der Waals surface area contributed by atoms with Crippen LogP contribution in [0, 0.1) is 18.3 Å². The number of furan rings is 1. The monoisotopic (exact) mass is 260 g/mol. The molecule has 2 aromatic heterocycles. The minimum Gasteiger partial charge on any atom is -0.462 e. The summed E-state index contributed by atoms with van der Waals surface area (Å²) < 4.78 is 5.45. The van der Waals surface area contributed by atoms with Crippen LogP contribution in [0.5, 0.6) is 0 Å². The van der Waals surface area contributed by atoms with Gasteiger partial charge in [0.05, 0.1) is 24.1 Å². The molecular formula is C17H12N2O. The van der Waals surface area contributed by atoms with Crippen molar-refractivity contribution in [2.75, 3.05) is 0 Å². The van der Waals surface area contributed by atoms with Gasteiger partial charge in [-0.2, -0.15) is 5.26 Å². The summed E-state index contributed by atoms with van der Waals surface area (Å²) in [6, 6.07) is 9.74. The minimum absolute atomic E-state index is 0.680. The molecule has 0 fully saturated rings. The number of hydrogen-bond donors (Lipinski definition) is 0. The highest BCUT2D eigenvalue weighted by Crippen LogP contribution is 2.22. The zero-order chi connectivity index (χ0) is 13.9. The predicted octanol–water partition coefficient (Wildman–Crippen LogP) is 4.18. The van der Waals surface area contributed by atoms with E-state index in [4.69, 9.17) is 9.68 Å². The molecule has 0 aliphatic heterocycles. The summed E-state index contributed by atoms with van der Waals surface area (Å²) in [7, 11) is 0. The van der Waals surface area contributed by atoms with E-state index in [1.165, 1.54) is 0 Å². The lowest BCUT2D eigenvalue weighted by atomic mass is 10.0. The molecule has 0 spiro atoms. The number of fused-ring (bicyclic) bond motifs is 1. The Morgan fingerprint density at radius 2 is 2.05 bits per heavy atom. The number of aryl methyl sites for hydroxylation is 1. The number of pyridine rings is 1. The van der Waals surface area contributed by atoms with Gasteiger partial charge in [0.1, 0.15) is 0 Å². The Bertz CT molecular complexity index is 838. The summed E-state index contributed by atoms with van der Waals surface area (Å²) in [5, 5.41) is 9.91. The van der Waals surface area contributed by atoms with E-state index in [-0.39, 0.29) is 0 Å². The topological polar surface area (TPSA) is 49.8 Å². The predicted molar refractivity (Wildman–Crippen MR) is 78.8 cm³/mol. The average molecular weight is 260 g/mol. The molecule has 0 bridgehead atoms. The van der Waals surface area contributed by atoms with Crippen molar-refractivity contribution in [1.82, 2.24) is 4.98 Å². The fraction of sp³-hybridized carbons (Fsp3) is 0.0588. The quantitative estimate of drug-likeness (QED) is 0.694. The van der Waals surface area contributed by atoms with Gasteiger partial charge in [-0.1, -0.05) is 18.2 Å². The van der Waals surface area contributed by atoms with Gasteiger partial charge >= 0.3 is 0 Å². The Balaban J connectivity index is 1.97. The van der Waals surface area contributed by atoms with Gasteiger partial charge in [-0.05, 0) is 36.2 Å². The van der Waals surface area contributed by atoms with Crippen molar-refractivity contribution < 1.29 is 4.42 Å². The second kappa shape index (κ2) is 5.02. The Morgan fingerprint density at radius 3 is 2.85 bits per heavy atom. The molecule has 1 aromatic carbocycles. The maximum atomic E-state index is 8.87. The highest BCUT2D eigenvalue weighted by molar-refractivity contribution is 5.89. The number of nitrogens with zero attached hydrogens (tertiary/aromatic N) is 2. The third-order valence-electron chi connectivity index (χ3n) is 3.25. The lowest BCUT2D eigenvalue weighted by molar-refractivity contribution is 0.613. The van der Waals surface area contributed by atoms with Crippen molar-refractivity contribution >= 4 is 23.1 Å². The molecule has 3 aromatic rings. The van der Waals surface area contributed by atoms with Gasteiger partial charge < -0.3 is 4.42 Å². The Morgan fingerprint density at radius 1 is 1.20 bits per heavy atom. The Kier molecular flexibility index (Phi) is 3.06. The molecule has 0 saturated heterocycles. The van der Waals surface area contributed by atoms with Crippen LogP contribution < -0.4 is 0 Å². The van der Waals surface area contributed by atoms with Crippen molar-refractivity contribution in [3.05, 3.63) is 65.2 Å². The molecule has 3 heteroatoms. The lowest BCUT2D eigenvalue weighted by Gasteiger charge is -2.00. The Labute approximate surface area is 116 Å². The van der Waals surface area contributed by atoms with Crippen LogP contribution >= 0.6 is 0 Å². The molecule has 3 nitrogen and oxygen atoms in total. The van der Waals surface area contributed by atoms with Crippen molar-refractivity contribution in [3.63, 3.8) is 0 Å². The third-order valence-corrected chi connectivity index (χ3v) is 3.25. The van der Waals surface area contributed by atoms with Crippen LogP contribution in [0.15, 0.2) is 47.3 Å². The summed E-state index contributed by atoms with van der Waals surface area (Å²) >= 11 is 0. The summed E-state index contributed by atoms with van der Waals surface area (Å²) in [6.45, 7) is 2.00. The van der Waals surface area contributed by atoms with Crippen LogP contribution in [-0.4, -0.2) is 4.98 Å². The Hall–Kier alpha value is -2.86. The van der Waals surface area contributed by atoms with Crippen molar-refractivity contribution in [2.24, 2.45) is 0 Å². The molecule has 0 saturated carbocycles. The molecule has 0 aliphatic rings. The number of aromatic nitrogens is 1. The summed E-state index contributed by atoms with van der Waals surface area (Å²) in [5.74, 6) is 0. The van der Waals surface area contributed by atoms with Crippen LogP contribution in [0.2, 0.25) is 0 Å². The van der Waals surface area contributed by atoms with E-state index in [2.05, 4.69) is 11.1 Å². The van der Waals surface area contributed by atoms with E-state index in [1.54, 1.807) is 18.7 Å². The van der Waals surface area contributed by atoms with E-state index in [1.807, 2.05) is 43.3 Å². The first-order valence-electron chi connectivity index (χ1n) is 6.28. The van der Waals surface area contributed by atoms with E-state index in [0.717, 1.165) is 27.7 Å². The maximum absolute atomic E-state index is 8.87. The second-order valence-electron chi connectivity index (χ2n) is 4.58. The number of hydrogen-bond acceptors (Lipinski definition) is 3. The molecule has 0 aliphatic carbocycles. The van der Waals surface area contributed by atoms with Crippen LogP contribution in [0.3, 0.4) is 0 Å². The van der Waals surface area contributed by atoms with Gasteiger partial charge in [-0.3, -0.25) is 4.98 Å². The van der Waals surface area contributed by atoms with Crippen molar-refractivity contribution in [3.8, 4) is 6.07 Å². The summed E-state index contributed by atoms with van der Waals surface area (Å²) in [4.78, 5) is 4.03. The normalized spacial score (nSPS) is 11.0. The van der Waals surface area contributed by atoms with Crippen LogP contribution in [0.4, 0.5) is 0 Å². The minimum atomic E-state index is 0.680. The van der Waals surface area contributed by atoms with E-state index in [0.29, 0.717) is 5.56 Å².